The molecule has 0 atom stereocenters. The number of hydrogen-bond donors (Lipinski definition) is 0. The summed E-state index contributed by atoms with van der Waals surface area (Å²) in [7, 11) is 1.56. The predicted molar refractivity (Wildman–Crippen MR) is 121 cm³/mol. The summed E-state index contributed by atoms with van der Waals surface area (Å²) in [5.74, 6) is -1.08. The predicted octanol–water partition coefficient (Wildman–Crippen LogP) is 4.64. The lowest BCUT2D eigenvalue weighted by molar-refractivity contribution is -0.120. The minimum absolute atomic E-state index is 0.0562. The summed E-state index contributed by atoms with van der Waals surface area (Å²) in [5, 5.41) is 0. The van der Waals surface area contributed by atoms with Gasteiger partial charge in [-0.05, 0) is 42.3 Å². The minimum Gasteiger partial charge on any atom is -0.497 e. The lowest BCUT2D eigenvalue weighted by atomic mass is 10.0. The van der Waals surface area contributed by atoms with E-state index in [1.165, 1.54) is 18.2 Å². The Morgan fingerprint density at radius 1 is 0.875 bits per heavy atom. The largest absolute Gasteiger partial charge is 0.497 e. The van der Waals surface area contributed by atoms with E-state index in [4.69, 9.17) is 4.74 Å². The van der Waals surface area contributed by atoms with Crippen molar-refractivity contribution in [3.63, 3.8) is 0 Å². The minimum atomic E-state index is -0.629. The second kappa shape index (κ2) is 9.06. The average molecular weight is 430 g/mol. The van der Waals surface area contributed by atoms with Gasteiger partial charge < -0.3 is 9.64 Å². The fourth-order valence-electron chi connectivity index (χ4n) is 3.83. The molecule has 0 unspecified atom stereocenters. The molecule has 32 heavy (non-hydrogen) atoms. The molecule has 0 aliphatic carbocycles. The number of nitrogens with zero attached hydrogens (tertiary/aromatic N) is 2. The summed E-state index contributed by atoms with van der Waals surface area (Å²) in [6.45, 7) is 2.86. The smallest absolute Gasteiger partial charge is 0.282 e. The summed E-state index contributed by atoms with van der Waals surface area (Å²) < 4.78 is 19.8. The summed E-state index contributed by atoms with van der Waals surface area (Å²) in [5.41, 5.74) is 2.03. The topological polar surface area (TPSA) is 49.9 Å². The number of benzene rings is 3. The summed E-state index contributed by atoms with van der Waals surface area (Å²) in [4.78, 5) is 29.9. The number of carbonyl (C=O) groups excluding carboxylic acids is 2. The van der Waals surface area contributed by atoms with Gasteiger partial charge in [0.05, 0.1) is 18.4 Å². The molecule has 162 valence electrons. The number of para-hydroxylation sites is 1. The van der Waals surface area contributed by atoms with E-state index < -0.39 is 17.6 Å². The van der Waals surface area contributed by atoms with E-state index in [1.54, 1.807) is 37.4 Å². The molecular weight excluding hydrogens is 407 g/mol. The number of methoxy groups -OCH3 is 1. The van der Waals surface area contributed by atoms with Crippen LogP contribution in [0, 0.1) is 5.82 Å². The van der Waals surface area contributed by atoms with Gasteiger partial charge in [-0.1, -0.05) is 54.6 Å². The van der Waals surface area contributed by atoms with Crippen molar-refractivity contribution in [2.24, 2.45) is 0 Å². The van der Waals surface area contributed by atoms with Gasteiger partial charge in [-0.2, -0.15) is 0 Å². The van der Waals surface area contributed by atoms with E-state index >= 15 is 0 Å². The van der Waals surface area contributed by atoms with Crippen LogP contribution in [0.1, 0.15) is 18.1 Å². The Balaban J connectivity index is 1.84. The Morgan fingerprint density at radius 2 is 1.53 bits per heavy atom. The van der Waals surface area contributed by atoms with E-state index in [-0.39, 0.29) is 17.0 Å². The zero-order valence-corrected chi connectivity index (χ0v) is 17.9. The maximum atomic E-state index is 14.6. The van der Waals surface area contributed by atoms with Crippen LogP contribution in [0.3, 0.4) is 0 Å². The Kier molecular flexibility index (Phi) is 6.03. The first-order valence-electron chi connectivity index (χ1n) is 10.4. The number of rotatable bonds is 7. The third-order valence-electron chi connectivity index (χ3n) is 5.45. The van der Waals surface area contributed by atoms with Gasteiger partial charge in [0.1, 0.15) is 17.3 Å². The zero-order valence-electron chi connectivity index (χ0n) is 17.9. The van der Waals surface area contributed by atoms with Crippen molar-refractivity contribution in [1.29, 1.82) is 0 Å². The molecule has 1 heterocycles. The number of likely N-dealkylation sites (N-methyl/N-ethyl adjacent to an activating group) is 1. The number of halogens is 1. The highest BCUT2D eigenvalue weighted by atomic mass is 19.1. The van der Waals surface area contributed by atoms with Crippen molar-refractivity contribution < 1.29 is 18.7 Å². The molecule has 0 radical (unpaired) electrons. The van der Waals surface area contributed by atoms with Crippen molar-refractivity contribution >= 4 is 23.1 Å². The first-order valence-corrected chi connectivity index (χ1v) is 10.4. The van der Waals surface area contributed by atoms with Crippen LogP contribution in [-0.2, 0) is 16.1 Å². The van der Waals surface area contributed by atoms with Crippen molar-refractivity contribution in [2.45, 2.75) is 13.5 Å². The van der Waals surface area contributed by atoms with Gasteiger partial charge in [0.25, 0.3) is 11.8 Å². The fourth-order valence-corrected chi connectivity index (χ4v) is 3.83. The molecule has 0 aromatic heterocycles. The molecule has 0 bridgehead atoms. The van der Waals surface area contributed by atoms with Crippen LogP contribution in [0.15, 0.2) is 84.6 Å². The van der Waals surface area contributed by atoms with Gasteiger partial charge in [0, 0.05) is 13.1 Å². The van der Waals surface area contributed by atoms with E-state index in [1.807, 2.05) is 42.2 Å². The van der Waals surface area contributed by atoms with Crippen molar-refractivity contribution in [1.82, 2.24) is 4.90 Å². The number of ether oxygens (including phenoxy) is 1. The second-order valence-corrected chi connectivity index (χ2v) is 7.35. The Morgan fingerprint density at radius 3 is 2.16 bits per heavy atom. The third kappa shape index (κ3) is 3.87. The number of imide groups is 1. The van der Waals surface area contributed by atoms with Crippen molar-refractivity contribution in [3.05, 3.63) is 102 Å². The number of hydrogen-bond acceptors (Lipinski definition) is 4. The van der Waals surface area contributed by atoms with Crippen LogP contribution < -0.4 is 9.64 Å². The molecule has 4 rings (SSSR count). The molecule has 0 spiro atoms. The zero-order chi connectivity index (χ0) is 22.7. The lowest BCUT2D eigenvalue weighted by Crippen LogP contribution is -2.35. The first kappa shape index (κ1) is 21.3. The van der Waals surface area contributed by atoms with E-state index in [0.717, 1.165) is 10.5 Å². The SMILES string of the molecule is CCN(Cc1ccccc1)C1=C(c2ccc(OC)cc2)C(=O)N(c2ccccc2F)C1=O. The van der Waals surface area contributed by atoms with Crippen LogP contribution >= 0.6 is 0 Å². The van der Waals surface area contributed by atoms with Gasteiger partial charge in [-0.3, -0.25) is 9.59 Å². The summed E-state index contributed by atoms with van der Waals surface area (Å²) >= 11 is 0. The lowest BCUT2D eigenvalue weighted by Gasteiger charge is -2.25. The fraction of sp³-hybridized carbons (Fsp3) is 0.154. The van der Waals surface area contributed by atoms with Crippen LogP contribution in [0.2, 0.25) is 0 Å². The Bertz CT molecular complexity index is 1170. The molecule has 0 saturated heterocycles. The molecule has 2 amide bonds. The van der Waals surface area contributed by atoms with Crippen molar-refractivity contribution in [2.75, 3.05) is 18.6 Å². The van der Waals surface area contributed by atoms with Gasteiger partial charge >= 0.3 is 0 Å². The standard InChI is InChI=1S/C26H23FN2O3/c1-3-28(17-18-9-5-4-6-10-18)24-23(19-13-15-20(32-2)16-14-19)25(30)29(26(24)31)22-12-8-7-11-21(22)27/h4-16H,3,17H2,1-2H3. The monoisotopic (exact) mass is 430 g/mol. The van der Waals surface area contributed by atoms with Gasteiger partial charge in [0.2, 0.25) is 0 Å². The second-order valence-electron chi connectivity index (χ2n) is 7.35. The average Bonchev–Trinajstić information content (AvgIpc) is 3.08. The van der Waals surface area contributed by atoms with Crippen LogP contribution in [0.5, 0.6) is 5.75 Å². The highest BCUT2D eigenvalue weighted by molar-refractivity contribution is 6.45. The molecule has 6 heteroatoms. The normalized spacial score (nSPS) is 13.7. The van der Waals surface area contributed by atoms with Crippen molar-refractivity contribution in [3.8, 4) is 5.75 Å². The molecule has 0 N–H and O–H groups in total. The Hall–Kier alpha value is -3.93. The van der Waals surface area contributed by atoms with E-state index in [2.05, 4.69) is 0 Å². The number of amides is 2. The molecule has 0 fully saturated rings. The maximum Gasteiger partial charge on any atom is 0.282 e. The Labute approximate surface area is 186 Å². The van der Waals surface area contributed by atoms with Crippen LogP contribution in [0.25, 0.3) is 5.57 Å². The maximum absolute atomic E-state index is 14.6. The van der Waals surface area contributed by atoms with E-state index in [0.29, 0.717) is 24.4 Å². The molecule has 0 saturated carbocycles. The van der Waals surface area contributed by atoms with Gasteiger partial charge in [-0.25, -0.2) is 9.29 Å². The molecular formula is C26H23FN2O3. The van der Waals surface area contributed by atoms with Crippen LogP contribution in [-0.4, -0.2) is 30.4 Å². The number of carbonyl (C=O) groups is 2. The molecule has 3 aromatic carbocycles. The molecule has 1 aliphatic heterocycles. The van der Waals surface area contributed by atoms with Crippen LogP contribution in [0.4, 0.5) is 10.1 Å². The summed E-state index contributed by atoms with van der Waals surface area (Å²) in [6, 6.07) is 22.4. The first-order chi connectivity index (χ1) is 15.5. The molecule has 5 nitrogen and oxygen atoms in total. The van der Waals surface area contributed by atoms with Gasteiger partial charge in [0.15, 0.2) is 0 Å². The highest BCUT2D eigenvalue weighted by Crippen LogP contribution is 2.36. The van der Waals surface area contributed by atoms with Gasteiger partial charge in [-0.15, -0.1) is 0 Å². The molecule has 1 aliphatic rings. The quantitative estimate of drug-likeness (QED) is 0.513. The summed E-state index contributed by atoms with van der Waals surface area (Å²) in [6.07, 6.45) is 0. The number of anilines is 1. The highest BCUT2D eigenvalue weighted by Gasteiger charge is 2.43. The van der Waals surface area contributed by atoms with E-state index in [9.17, 15) is 14.0 Å². The third-order valence-corrected chi connectivity index (χ3v) is 5.45. The molecule has 3 aromatic rings.